The number of amides is 1. The lowest BCUT2D eigenvalue weighted by Crippen LogP contribution is -2.32. The number of anilines is 1. The number of carbonyl (C=O) groups is 2. The lowest BCUT2D eigenvalue weighted by atomic mass is 9.99. The summed E-state index contributed by atoms with van der Waals surface area (Å²) >= 11 is 0. The van der Waals surface area contributed by atoms with Crippen LogP contribution in [-0.4, -0.2) is 25.5 Å². The van der Waals surface area contributed by atoms with Crippen molar-refractivity contribution in [1.29, 1.82) is 0 Å². The van der Waals surface area contributed by atoms with E-state index < -0.39 is 5.97 Å². The van der Waals surface area contributed by atoms with Crippen molar-refractivity contribution < 1.29 is 14.3 Å². The van der Waals surface area contributed by atoms with Crippen LogP contribution in [0.1, 0.15) is 27.5 Å². The van der Waals surface area contributed by atoms with Crippen LogP contribution < -0.4 is 10.6 Å². The molecule has 0 fully saturated rings. The summed E-state index contributed by atoms with van der Waals surface area (Å²) in [4.78, 5) is 24.1. The Labute approximate surface area is 164 Å². The van der Waals surface area contributed by atoms with E-state index in [4.69, 9.17) is 4.74 Å². The molecule has 5 heteroatoms. The lowest BCUT2D eigenvalue weighted by Gasteiger charge is -2.19. The summed E-state index contributed by atoms with van der Waals surface area (Å²) in [6.07, 6.45) is 0. The topological polar surface area (TPSA) is 67.4 Å². The van der Waals surface area contributed by atoms with Crippen molar-refractivity contribution in [2.24, 2.45) is 0 Å². The van der Waals surface area contributed by atoms with Gasteiger partial charge in [0.1, 0.15) is 0 Å². The number of hydrogen-bond donors (Lipinski definition) is 2. The van der Waals surface area contributed by atoms with Gasteiger partial charge < -0.3 is 10.1 Å². The molecule has 0 spiro atoms. The molecule has 3 rings (SSSR count). The second-order valence-electron chi connectivity index (χ2n) is 6.26. The molecule has 2 N–H and O–H groups in total. The molecule has 3 aromatic rings. The molecule has 0 saturated heterocycles. The minimum absolute atomic E-state index is 0.102. The standard InChI is InChI=1S/C23H22N2O3/c1-28-23(27)19-13-8-14-20(15-19)25-21(26)16-24-22(17-9-4-2-5-10-17)18-11-6-3-7-12-18/h2-15,22,24H,16H2,1H3,(H,25,26). The number of carbonyl (C=O) groups excluding carboxylic acids is 2. The summed E-state index contributed by atoms with van der Waals surface area (Å²) in [5.74, 6) is -0.638. The molecule has 0 aromatic heterocycles. The molecule has 0 unspecified atom stereocenters. The Bertz CT molecular complexity index is 887. The summed E-state index contributed by atoms with van der Waals surface area (Å²) in [7, 11) is 1.32. The molecule has 28 heavy (non-hydrogen) atoms. The highest BCUT2D eigenvalue weighted by atomic mass is 16.5. The first-order valence-electron chi connectivity index (χ1n) is 8.99. The van der Waals surface area contributed by atoms with Crippen molar-refractivity contribution in [2.45, 2.75) is 6.04 Å². The normalized spacial score (nSPS) is 10.5. The molecular weight excluding hydrogens is 352 g/mol. The molecule has 0 aliphatic heterocycles. The smallest absolute Gasteiger partial charge is 0.337 e. The Balaban J connectivity index is 1.68. The molecule has 0 saturated carbocycles. The minimum Gasteiger partial charge on any atom is -0.465 e. The maximum absolute atomic E-state index is 12.4. The third kappa shape index (κ3) is 5.05. The van der Waals surface area contributed by atoms with E-state index in [1.165, 1.54) is 7.11 Å². The average molecular weight is 374 g/mol. The third-order valence-corrected chi connectivity index (χ3v) is 4.30. The van der Waals surface area contributed by atoms with Crippen LogP contribution in [0.2, 0.25) is 0 Å². The Morgan fingerprint density at radius 2 is 1.46 bits per heavy atom. The van der Waals surface area contributed by atoms with Crippen LogP contribution in [0.4, 0.5) is 5.69 Å². The van der Waals surface area contributed by atoms with E-state index in [1.807, 2.05) is 60.7 Å². The molecule has 0 aliphatic rings. The van der Waals surface area contributed by atoms with Crippen molar-refractivity contribution in [2.75, 3.05) is 19.0 Å². The first-order valence-corrected chi connectivity index (χ1v) is 8.99. The van der Waals surface area contributed by atoms with Gasteiger partial charge in [-0.3, -0.25) is 10.1 Å². The van der Waals surface area contributed by atoms with Gasteiger partial charge in [0, 0.05) is 5.69 Å². The van der Waals surface area contributed by atoms with E-state index in [2.05, 4.69) is 10.6 Å². The van der Waals surface area contributed by atoms with Crippen LogP contribution in [-0.2, 0) is 9.53 Å². The molecule has 5 nitrogen and oxygen atoms in total. The third-order valence-electron chi connectivity index (χ3n) is 4.30. The molecule has 0 heterocycles. The van der Waals surface area contributed by atoms with E-state index in [1.54, 1.807) is 24.3 Å². The van der Waals surface area contributed by atoms with Crippen molar-refractivity contribution in [3.8, 4) is 0 Å². The van der Waals surface area contributed by atoms with E-state index in [-0.39, 0.29) is 18.5 Å². The van der Waals surface area contributed by atoms with Gasteiger partial charge in [-0.2, -0.15) is 0 Å². The Morgan fingerprint density at radius 3 is 2.04 bits per heavy atom. The van der Waals surface area contributed by atoms with Crippen molar-refractivity contribution >= 4 is 17.6 Å². The summed E-state index contributed by atoms with van der Waals surface area (Å²) in [6.45, 7) is 0.122. The number of nitrogens with one attached hydrogen (secondary N) is 2. The molecule has 0 atom stereocenters. The molecule has 0 aliphatic carbocycles. The zero-order valence-electron chi connectivity index (χ0n) is 15.6. The maximum atomic E-state index is 12.4. The van der Waals surface area contributed by atoms with Gasteiger partial charge >= 0.3 is 5.97 Å². The minimum atomic E-state index is -0.442. The second-order valence-corrected chi connectivity index (χ2v) is 6.26. The van der Waals surface area contributed by atoms with E-state index >= 15 is 0 Å². The van der Waals surface area contributed by atoms with E-state index in [0.29, 0.717) is 11.3 Å². The number of ether oxygens (including phenoxy) is 1. The SMILES string of the molecule is COC(=O)c1cccc(NC(=O)CNC(c2ccccc2)c2ccccc2)c1. The summed E-state index contributed by atoms with van der Waals surface area (Å²) in [5, 5.41) is 6.13. The summed E-state index contributed by atoms with van der Waals surface area (Å²) in [5.41, 5.74) is 3.09. The Hall–Kier alpha value is -3.44. The second kappa shape index (κ2) is 9.48. The van der Waals surface area contributed by atoms with Gasteiger partial charge in [0.25, 0.3) is 0 Å². The zero-order valence-corrected chi connectivity index (χ0v) is 15.6. The van der Waals surface area contributed by atoms with Gasteiger partial charge in [-0.1, -0.05) is 66.7 Å². The summed E-state index contributed by atoms with van der Waals surface area (Å²) < 4.78 is 4.71. The Morgan fingerprint density at radius 1 is 0.857 bits per heavy atom. The first-order chi connectivity index (χ1) is 13.7. The molecule has 0 radical (unpaired) electrons. The molecular formula is C23H22N2O3. The highest BCUT2D eigenvalue weighted by Crippen LogP contribution is 2.21. The first kappa shape index (κ1) is 19.3. The largest absolute Gasteiger partial charge is 0.465 e. The predicted molar refractivity (Wildman–Crippen MR) is 109 cm³/mol. The van der Waals surface area contributed by atoms with Gasteiger partial charge in [0.05, 0.1) is 25.3 Å². The van der Waals surface area contributed by atoms with Crippen molar-refractivity contribution in [3.05, 3.63) is 102 Å². The fourth-order valence-corrected chi connectivity index (χ4v) is 2.96. The number of benzene rings is 3. The molecule has 1 amide bonds. The number of hydrogen-bond acceptors (Lipinski definition) is 4. The van der Waals surface area contributed by atoms with Gasteiger partial charge in [0.2, 0.25) is 5.91 Å². The van der Waals surface area contributed by atoms with Crippen LogP contribution in [0.3, 0.4) is 0 Å². The number of rotatable bonds is 7. The summed E-state index contributed by atoms with van der Waals surface area (Å²) in [6, 6.07) is 26.5. The maximum Gasteiger partial charge on any atom is 0.337 e. The average Bonchev–Trinajstić information content (AvgIpc) is 2.75. The van der Waals surface area contributed by atoms with Crippen LogP contribution in [0.15, 0.2) is 84.9 Å². The van der Waals surface area contributed by atoms with E-state index in [9.17, 15) is 9.59 Å². The van der Waals surface area contributed by atoms with Crippen LogP contribution in [0.5, 0.6) is 0 Å². The van der Waals surface area contributed by atoms with Gasteiger partial charge in [-0.05, 0) is 29.3 Å². The number of esters is 1. The van der Waals surface area contributed by atoms with Crippen LogP contribution in [0.25, 0.3) is 0 Å². The number of methoxy groups -OCH3 is 1. The highest BCUT2D eigenvalue weighted by molar-refractivity contribution is 5.95. The molecule has 0 bridgehead atoms. The molecule has 142 valence electrons. The monoisotopic (exact) mass is 374 g/mol. The lowest BCUT2D eigenvalue weighted by molar-refractivity contribution is -0.115. The van der Waals surface area contributed by atoms with Gasteiger partial charge in [-0.15, -0.1) is 0 Å². The highest BCUT2D eigenvalue weighted by Gasteiger charge is 2.15. The quantitative estimate of drug-likeness (QED) is 0.618. The van der Waals surface area contributed by atoms with Gasteiger partial charge in [0.15, 0.2) is 0 Å². The predicted octanol–water partition coefficient (Wildman–Crippen LogP) is 3.79. The van der Waals surface area contributed by atoms with E-state index in [0.717, 1.165) is 11.1 Å². The fourth-order valence-electron chi connectivity index (χ4n) is 2.96. The molecule has 3 aromatic carbocycles. The van der Waals surface area contributed by atoms with Crippen molar-refractivity contribution in [1.82, 2.24) is 5.32 Å². The van der Waals surface area contributed by atoms with Crippen molar-refractivity contribution in [3.63, 3.8) is 0 Å². The van der Waals surface area contributed by atoms with Crippen LogP contribution >= 0.6 is 0 Å². The van der Waals surface area contributed by atoms with Crippen LogP contribution in [0, 0.1) is 0 Å². The zero-order chi connectivity index (χ0) is 19.8. The van der Waals surface area contributed by atoms with Gasteiger partial charge in [-0.25, -0.2) is 4.79 Å². The Kier molecular flexibility index (Phi) is 6.54. The fraction of sp³-hybridized carbons (Fsp3) is 0.130.